The number of benzene rings is 1. The first-order valence-corrected chi connectivity index (χ1v) is 9.14. The first-order chi connectivity index (χ1) is 12.3. The minimum absolute atomic E-state index is 0.154. The number of carbonyl (C=O) groups is 3. The van der Waals surface area contributed by atoms with Gasteiger partial charge in [0.15, 0.2) is 0 Å². The van der Waals surface area contributed by atoms with Crippen LogP contribution in [0.3, 0.4) is 0 Å². The second-order valence-corrected chi connectivity index (χ2v) is 7.01. The molecule has 0 atom stereocenters. The molecule has 138 valence electrons. The molecule has 2 rings (SSSR count). The highest BCUT2D eigenvalue weighted by Crippen LogP contribution is 2.35. The molecular formula is C17H16Cl2N2O4S. The van der Waals surface area contributed by atoms with Crippen molar-refractivity contribution in [1.82, 2.24) is 0 Å². The van der Waals surface area contributed by atoms with Crippen molar-refractivity contribution in [3.63, 3.8) is 0 Å². The Labute approximate surface area is 164 Å². The van der Waals surface area contributed by atoms with Gasteiger partial charge in [0.25, 0.3) is 5.91 Å². The van der Waals surface area contributed by atoms with E-state index in [2.05, 4.69) is 10.6 Å². The van der Waals surface area contributed by atoms with Crippen LogP contribution >= 0.6 is 34.5 Å². The van der Waals surface area contributed by atoms with E-state index in [-0.39, 0.29) is 32.8 Å². The molecule has 6 nitrogen and oxygen atoms in total. The van der Waals surface area contributed by atoms with Crippen LogP contribution in [0.4, 0.5) is 10.7 Å². The van der Waals surface area contributed by atoms with Crippen molar-refractivity contribution < 1.29 is 19.1 Å². The van der Waals surface area contributed by atoms with E-state index in [1.807, 2.05) is 0 Å². The molecule has 0 aliphatic heterocycles. The third kappa shape index (κ3) is 4.17. The molecule has 0 saturated heterocycles. The molecule has 0 fully saturated rings. The highest BCUT2D eigenvalue weighted by Gasteiger charge is 2.26. The monoisotopic (exact) mass is 414 g/mol. The Balaban J connectivity index is 2.42. The van der Waals surface area contributed by atoms with Gasteiger partial charge in [-0.3, -0.25) is 9.59 Å². The summed E-state index contributed by atoms with van der Waals surface area (Å²) in [5, 5.41) is 6.07. The third-order valence-corrected chi connectivity index (χ3v) is 5.54. The lowest BCUT2D eigenvalue weighted by molar-refractivity contribution is -0.115. The topological polar surface area (TPSA) is 84.5 Å². The fourth-order valence-electron chi connectivity index (χ4n) is 2.16. The molecule has 2 N–H and O–H groups in total. The maximum atomic E-state index is 12.7. The van der Waals surface area contributed by atoms with Crippen molar-refractivity contribution in [3.8, 4) is 0 Å². The van der Waals surface area contributed by atoms with E-state index in [9.17, 15) is 14.4 Å². The van der Waals surface area contributed by atoms with Crippen LogP contribution in [0.5, 0.6) is 0 Å². The Kier molecular flexibility index (Phi) is 6.63. The van der Waals surface area contributed by atoms with Crippen molar-refractivity contribution in [3.05, 3.63) is 44.2 Å². The van der Waals surface area contributed by atoms with E-state index in [0.29, 0.717) is 16.3 Å². The van der Waals surface area contributed by atoms with E-state index in [1.165, 1.54) is 7.11 Å². The minimum Gasteiger partial charge on any atom is -0.465 e. The summed E-state index contributed by atoms with van der Waals surface area (Å²) in [7, 11) is 1.23. The Bertz CT molecular complexity index is 880. The van der Waals surface area contributed by atoms with Crippen LogP contribution in [0.1, 0.15) is 38.9 Å². The molecular weight excluding hydrogens is 399 g/mol. The van der Waals surface area contributed by atoms with Crippen LogP contribution in [0.25, 0.3) is 0 Å². The van der Waals surface area contributed by atoms with Gasteiger partial charge in [-0.15, -0.1) is 11.3 Å². The average Bonchev–Trinajstić information content (AvgIpc) is 2.94. The zero-order valence-corrected chi connectivity index (χ0v) is 16.6. The number of amides is 2. The summed E-state index contributed by atoms with van der Waals surface area (Å²) in [4.78, 5) is 36.7. The van der Waals surface area contributed by atoms with Crippen molar-refractivity contribution in [2.24, 2.45) is 0 Å². The summed E-state index contributed by atoms with van der Waals surface area (Å²) in [5.41, 5.74) is 0.904. The maximum absolute atomic E-state index is 12.7. The van der Waals surface area contributed by atoms with Crippen molar-refractivity contribution in [1.29, 1.82) is 0 Å². The summed E-state index contributed by atoms with van der Waals surface area (Å²) in [5.74, 6) is -1.38. The summed E-state index contributed by atoms with van der Waals surface area (Å²) in [6.07, 6.45) is 0.233. The summed E-state index contributed by atoms with van der Waals surface area (Å²) in [6.45, 7) is 3.29. The third-order valence-electron chi connectivity index (χ3n) is 3.52. The van der Waals surface area contributed by atoms with Gasteiger partial charge in [0.1, 0.15) is 5.00 Å². The van der Waals surface area contributed by atoms with Crippen LogP contribution in [-0.2, 0) is 9.53 Å². The van der Waals surface area contributed by atoms with Gasteiger partial charge < -0.3 is 15.4 Å². The number of hydrogen-bond donors (Lipinski definition) is 2. The van der Waals surface area contributed by atoms with E-state index in [4.69, 9.17) is 27.9 Å². The number of anilines is 2. The van der Waals surface area contributed by atoms with E-state index in [0.717, 1.165) is 11.3 Å². The zero-order valence-electron chi connectivity index (χ0n) is 14.2. The standard InChI is InChI=1S/C17H16Cl2N2O4S/c1-4-11(22)21-16-12(17(24)25-3)8(2)14(26-16)15(23)20-10-7-5-6-9(18)13(10)19/h5-7H,4H2,1-3H3,(H,20,23)(H,21,22). The molecule has 0 unspecified atom stereocenters. The Morgan fingerprint density at radius 1 is 1.19 bits per heavy atom. The van der Waals surface area contributed by atoms with Crippen molar-refractivity contribution in [2.75, 3.05) is 17.7 Å². The molecule has 26 heavy (non-hydrogen) atoms. The quantitative estimate of drug-likeness (QED) is 0.691. The molecule has 0 radical (unpaired) electrons. The average molecular weight is 415 g/mol. The SMILES string of the molecule is CCC(=O)Nc1sc(C(=O)Nc2cccc(Cl)c2Cl)c(C)c1C(=O)OC. The number of carbonyl (C=O) groups excluding carboxylic acids is 3. The fraction of sp³-hybridized carbons (Fsp3) is 0.235. The van der Waals surface area contributed by atoms with Crippen molar-refractivity contribution in [2.45, 2.75) is 20.3 Å². The van der Waals surface area contributed by atoms with Crippen LogP contribution < -0.4 is 10.6 Å². The van der Waals surface area contributed by atoms with Crippen LogP contribution in [0.2, 0.25) is 10.0 Å². The Morgan fingerprint density at radius 3 is 2.50 bits per heavy atom. The molecule has 0 bridgehead atoms. The second-order valence-electron chi connectivity index (χ2n) is 5.21. The number of nitrogens with one attached hydrogen (secondary N) is 2. The van der Waals surface area contributed by atoms with Crippen molar-refractivity contribution >= 4 is 63.0 Å². The van der Waals surface area contributed by atoms with Gasteiger partial charge in [0.2, 0.25) is 5.91 Å². The first-order valence-electron chi connectivity index (χ1n) is 7.57. The van der Waals surface area contributed by atoms with Gasteiger partial charge >= 0.3 is 5.97 Å². The second kappa shape index (κ2) is 8.53. The lowest BCUT2D eigenvalue weighted by Gasteiger charge is -2.07. The van der Waals surface area contributed by atoms with Gasteiger partial charge in [-0.1, -0.05) is 36.2 Å². The predicted molar refractivity (Wildman–Crippen MR) is 104 cm³/mol. The summed E-state index contributed by atoms with van der Waals surface area (Å²) in [6, 6.07) is 4.86. The molecule has 0 saturated carbocycles. The molecule has 1 heterocycles. The van der Waals surface area contributed by atoms with E-state index < -0.39 is 11.9 Å². The molecule has 0 aliphatic rings. The maximum Gasteiger partial charge on any atom is 0.341 e. The number of halogens is 2. The highest BCUT2D eigenvalue weighted by atomic mass is 35.5. The smallest absolute Gasteiger partial charge is 0.341 e. The zero-order chi connectivity index (χ0) is 19.4. The Hall–Kier alpha value is -2.09. The number of esters is 1. The number of thiophene rings is 1. The van der Waals surface area contributed by atoms with E-state index in [1.54, 1.807) is 32.0 Å². The number of methoxy groups -OCH3 is 1. The van der Waals surface area contributed by atoms with Gasteiger partial charge in [-0.05, 0) is 24.6 Å². The first kappa shape index (κ1) is 20.2. The van der Waals surface area contributed by atoms with Gasteiger partial charge in [0.05, 0.1) is 33.3 Å². The molecule has 2 aromatic rings. The molecule has 1 aromatic heterocycles. The molecule has 0 spiro atoms. The molecule has 9 heteroatoms. The Morgan fingerprint density at radius 2 is 1.88 bits per heavy atom. The normalized spacial score (nSPS) is 10.3. The lowest BCUT2D eigenvalue weighted by atomic mass is 10.1. The summed E-state index contributed by atoms with van der Waals surface area (Å²) >= 11 is 13.0. The van der Waals surface area contributed by atoms with E-state index >= 15 is 0 Å². The van der Waals surface area contributed by atoms with Crippen LogP contribution in [0, 0.1) is 6.92 Å². The molecule has 2 amide bonds. The number of rotatable bonds is 5. The van der Waals surface area contributed by atoms with Crippen LogP contribution in [0.15, 0.2) is 18.2 Å². The van der Waals surface area contributed by atoms with Gasteiger partial charge in [-0.25, -0.2) is 4.79 Å². The van der Waals surface area contributed by atoms with Gasteiger partial charge in [-0.2, -0.15) is 0 Å². The minimum atomic E-state index is -0.634. The molecule has 1 aromatic carbocycles. The number of hydrogen-bond acceptors (Lipinski definition) is 5. The largest absolute Gasteiger partial charge is 0.465 e. The van der Waals surface area contributed by atoms with Gasteiger partial charge in [0, 0.05) is 6.42 Å². The number of ether oxygens (including phenoxy) is 1. The lowest BCUT2D eigenvalue weighted by Crippen LogP contribution is -2.13. The summed E-state index contributed by atoms with van der Waals surface area (Å²) < 4.78 is 4.77. The van der Waals surface area contributed by atoms with Crippen LogP contribution in [-0.4, -0.2) is 24.9 Å². The molecule has 0 aliphatic carbocycles. The highest BCUT2D eigenvalue weighted by molar-refractivity contribution is 7.19. The predicted octanol–water partition coefficient (Wildman–Crippen LogP) is 4.75. The fourth-order valence-corrected chi connectivity index (χ4v) is 3.61.